The maximum Gasteiger partial charge on any atom is 0.156 e. The molecule has 0 N–H and O–H groups in total. The Balaban J connectivity index is 2.13. The van der Waals surface area contributed by atoms with Crippen LogP contribution in [0.5, 0.6) is 0 Å². The van der Waals surface area contributed by atoms with Crippen molar-refractivity contribution in [3.05, 3.63) is 29.5 Å². The van der Waals surface area contributed by atoms with Crippen LogP contribution in [-0.2, 0) is 4.79 Å². The van der Waals surface area contributed by atoms with Gasteiger partial charge in [0.15, 0.2) is 11.6 Å². The SMILES string of the molecule is CCN(CC)N1CC2=C(c3cccnc31)N(C(C)C)CC(=O)C2. The number of fused-ring (bicyclic) bond motifs is 2. The van der Waals surface area contributed by atoms with Crippen molar-refractivity contribution in [1.82, 2.24) is 14.9 Å². The lowest BCUT2D eigenvalue weighted by atomic mass is 9.92. The van der Waals surface area contributed by atoms with Crippen LogP contribution in [0, 0.1) is 0 Å². The number of hydrazine groups is 1. The molecule has 0 amide bonds. The van der Waals surface area contributed by atoms with E-state index in [1.165, 1.54) is 11.3 Å². The molecule has 0 spiro atoms. The van der Waals surface area contributed by atoms with Crippen molar-refractivity contribution in [2.75, 3.05) is 31.2 Å². The Kier molecular flexibility index (Phi) is 4.39. The van der Waals surface area contributed by atoms with Crippen LogP contribution in [0.15, 0.2) is 23.9 Å². The average Bonchev–Trinajstić information content (AvgIpc) is 2.54. The quantitative estimate of drug-likeness (QED) is 0.854. The second-order valence-electron chi connectivity index (χ2n) is 6.46. The molecule has 2 aliphatic heterocycles. The molecule has 5 nitrogen and oxygen atoms in total. The monoisotopic (exact) mass is 314 g/mol. The molecular weight excluding hydrogens is 288 g/mol. The third-order valence-corrected chi connectivity index (χ3v) is 4.70. The second-order valence-corrected chi connectivity index (χ2v) is 6.46. The van der Waals surface area contributed by atoms with Gasteiger partial charge in [0.2, 0.25) is 0 Å². The van der Waals surface area contributed by atoms with Crippen molar-refractivity contribution < 1.29 is 4.79 Å². The van der Waals surface area contributed by atoms with Crippen LogP contribution in [0.4, 0.5) is 5.82 Å². The summed E-state index contributed by atoms with van der Waals surface area (Å²) in [5, 5.41) is 4.53. The molecule has 23 heavy (non-hydrogen) atoms. The first-order chi connectivity index (χ1) is 11.1. The van der Waals surface area contributed by atoms with E-state index in [9.17, 15) is 4.79 Å². The summed E-state index contributed by atoms with van der Waals surface area (Å²) in [4.78, 5) is 19.1. The van der Waals surface area contributed by atoms with Crippen molar-refractivity contribution in [1.29, 1.82) is 0 Å². The summed E-state index contributed by atoms with van der Waals surface area (Å²) < 4.78 is 0. The smallest absolute Gasteiger partial charge is 0.156 e. The molecule has 0 radical (unpaired) electrons. The molecule has 0 aliphatic carbocycles. The topological polar surface area (TPSA) is 39.7 Å². The molecule has 0 unspecified atom stereocenters. The maximum atomic E-state index is 12.2. The molecule has 0 atom stereocenters. The third kappa shape index (κ3) is 2.74. The average molecular weight is 314 g/mol. The summed E-state index contributed by atoms with van der Waals surface area (Å²) in [6.45, 7) is 11.7. The van der Waals surface area contributed by atoms with Gasteiger partial charge in [0.25, 0.3) is 0 Å². The second kappa shape index (κ2) is 6.32. The van der Waals surface area contributed by atoms with E-state index in [4.69, 9.17) is 0 Å². The lowest BCUT2D eigenvalue weighted by Crippen LogP contribution is -2.49. The van der Waals surface area contributed by atoms with E-state index in [0.717, 1.165) is 31.0 Å². The predicted molar refractivity (Wildman–Crippen MR) is 92.9 cm³/mol. The van der Waals surface area contributed by atoms with Gasteiger partial charge >= 0.3 is 0 Å². The molecule has 5 heteroatoms. The number of hydrogen-bond acceptors (Lipinski definition) is 5. The van der Waals surface area contributed by atoms with Crippen molar-refractivity contribution in [3.8, 4) is 0 Å². The fourth-order valence-corrected chi connectivity index (χ4v) is 3.61. The Morgan fingerprint density at radius 2 is 2.00 bits per heavy atom. The van der Waals surface area contributed by atoms with E-state index in [2.05, 4.69) is 53.7 Å². The van der Waals surface area contributed by atoms with Gasteiger partial charge in [-0.05, 0) is 31.6 Å². The Hall–Kier alpha value is -1.88. The van der Waals surface area contributed by atoms with E-state index in [1.807, 2.05) is 12.3 Å². The van der Waals surface area contributed by atoms with E-state index in [0.29, 0.717) is 24.8 Å². The molecular formula is C18H26N4O. The van der Waals surface area contributed by atoms with Gasteiger partial charge in [-0.3, -0.25) is 9.80 Å². The van der Waals surface area contributed by atoms with Crippen LogP contribution in [0.25, 0.3) is 5.70 Å². The molecule has 0 saturated carbocycles. The van der Waals surface area contributed by atoms with Crippen LogP contribution >= 0.6 is 0 Å². The zero-order chi connectivity index (χ0) is 16.6. The first kappa shape index (κ1) is 16.0. The number of carbonyl (C=O) groups is 1. The fourth-order valence-electron chi connectivity index (χ4n) is 3.61. The number of nitrogens with zero attached hydrogens (tertiary/aromatic N) is 4. The van der Waals surface area contributed by atoms with Crippen LogP contribution in [0.2, 0.25) is 0 Å². The Morgan fingerprint density at radius 1 is 1.26 bits per heavy atom. The summed E-state index contributed by atoms with van der Waals surface area (Å²) in [6.07, 6.45) is 2.42. The highest BCUT2D eigenvalue weighted by Gasteiger charge is 2.35. The van der Waals surface area contributed by atoms with Gasteiger partial charge in [0.05, 0.1) is 13.1 Å². The number of ketones is 1. The van der Waals surface area contributed by atoms with Gasteiger partial charge in [0, 0.05) is 43.0 Å². The largest absolute Gasteiger partial charge is 0.361 e. The van der Waals surface area contributed by atoms with E-state index >= 15 is 0 Å². The van der Waals surface area contributed by atoms with Gasteiger partial charge in [-0.15, -0.1) is 0 Å². The minimum absolute atomic E-state index is 0.303. The molecule has 1 aromatic heterocycles. The standard InChI is InChI=1S/C18H26N4O/c1-5-20(6-2)22-11-14-10-15(23)12-21(13(3)4)17(14)16-8-7-9-19-18(16)22/h7-9,13H,5-6,10-12H2,1-4H3. The highest BCUT2D eigenvalue weighted by molar-refractivity contribution is 5.93. The summed E-state index contributed by atoms with van der Waals surface area (Å²) >= 11 is 0. The van der Waals surface area contributed by atoms with E-state index in [-0.39, 0.29) is 0 Å². The normalized spacial score (nSPS) is 17.9. The van der Waals surface area contributed by atoms with Crippen molar-refractivity contribution in [2.45, 2.75) is 40.2 Å². The van der Waals surface area contributed by atoms with Gasteiger partial charge in [-0.25, -0.2) is 9.99 Å². The van der Waals surface area contributed by atoms with Crippen molar-refractivity contribution >= 4 is 17.3 Å². The molecule has 124 valence electrons. The van der Waals surface area contributed by atoms with Gasteiger partial charge in [-0.1, -0.05) is 13.8 Å². The number of rotatable bonds is 4. The minimum Gasteiger partial charge on any atom is -0.361 e. The Morgan fingerprint density at radius 3 is 2.65 bits per heavy atom. The lowest BCUT2D eigenvalue weighted by molar-refractivity contribution is -0.119. The third-order valence-electron chi connectivity index (χ3n) is 4.70. The summed E-state index contributed by atoms with van der Waals surface area (Å²) in [6, 6.07) is 4.43. The minimum atomic E-state index is 0.303. The van der Waals surface area contributed by atoms with E-state index < -0.39 is 0 Å². The highest BCUT2D eigenvalue weighted by atomic mass is 16.1. The first-order valence-corrected chi connectivity index (χ1v) is 8.54. The van der Waals surface area contributed by atoms with Gasteiger partial charge < -0.3 is 4.90 Å². The summed E-state index contributed by atoms with van der Waals surface area (Å²) in [5.74, 6) is 1.32. The maximum absolute atomic E-state index is 12.2. The molecule has 0 saturated heterocycles. The van der Waals surface area contributed by atoms with Crippen molar-refractivity contribution in [3.63, 3.8) is 0 Å². The fraction of sp³-hybridized carbons (Fsp3) is 0.556. The number of hydrogen-bond donors (Lipinski definition) is 0. The molecule has 2 aliphatic rings. The number of Topliss-reactive ketones (excluding diaryl/α,β-unsaturated/α-hetero) is 1. The molecule has 0 fully saturated rings. The van der Waals surface area contributed by atoms with Crippen LogP contribution in [0.3, 0.4) is 0 Å². The van der Waals surface area contributed by atoms with Crippen LogP contribution < -0.4 is 5.01 Å². The lowest BCUT2D eigenvalue weighted by Gasteiger charge is -2.45. The van der Waals surface area contributed by atoms with Crippen molar-refractivity contribution in [2.24, 2.45) is 0 Å². The summed E-state index contributed by atoms with van der Waals surface area (Å²) in [5.41, 5.74) is 3.61. The highest BCUT2D eigenvalue weighted by Crippen LogP contribution is 2.40. The number of carbonyl (C=O) groups excluding carboxylic acids is 1. The summed E-state index contributed by atoms with van der Waals surface area (Å²) in [7, 11) is 0. The number of pyridine rings is 1. The molecule has 3 rings (SSSR count). The zero-order valence-corrected chi connectivity index (χ0v) is 14.5. The van der Waals surface area contributed by atoms with Gasteiger partial charge in [0.1, 0.15) is 0 Å². The van der Waals surface area contributed by atoms with Crippen LogP contribution in [-0.4, -0.2) is 52.9 Å². The zero-order valence-electron chi connectivity index (χ0n) is 14.5. The first-order valence-electron chi connectivity index (χ1n) is 8.54. The molecule has 1 aromatic rings. The predicted octanol–water partition coefficient (Wildman–Crippen LogP) is 2.55. The molecule has 3 heterocycles. The van der Waals surface area contributed by atoms with Gasteiger partial charge in [-0.2, -0.15) is 0 Å². The Bertz CT molecular complexity index is 634. The Labute approximate surface area is 138 Å². The number of aromatic nitrogens is 1. The number of anilines is 1. The molecule has 0 aromatic carbocycles. The van der Waals surface area contributed by atoms with E-state index in [1.54, 1.807) is 0 Å². The molecule has 0 bridgehead atoms. The van der Waals surface area contributed by atoms with Crippen LogP contribution in [0.1, 0.15) is 39.7 Å².